The molecule has 4 rings (SSSR count). The highest BCUT2D eigenvalue weighted by atomic mass is 19.4. The Balaban J connectivity index is 1.50. The van der Waals surface area contributed by atoms with Crippen molar-refractivity contribution in [2.24, 2.45) is 11.8 Å². The van der Waals surface area contributed by atoms with E-state index in [0.717, 1.165) is 30.6 Å². The van der Waals surface area contributed by atoms with E-state index in [4.69, 9.17) is 0 Å². The minimum absolute atomic E-state index is 0.0714. The van der Waals surface area contributed by atoms with Crippen LogP contribution in [0.1, 0.15) is 68.5 Å². The lowest BCUT2D eigenvalue weighted by Gasteiger charge is -2.32. The fourth-order valence-electron chi connectivity index (χ4n) is 5.24. The van der Waals surface area contributed by atoms with Crippen LogP contribution in [0.15, 0.2) is 30.6 Å². The monoisotopic (exact) mass is 549 g/mol. The molecule has 3 heterocycles. The first-order valence-electron chi connectivity index (χ1n) is 13.2. The summed E-state index contributed by atoms with van der Waals surface area (Å²) in [6.07, 6.45) is 1.85. The lowest BCUT2D eigenvalue weighted by Crippen LogP contribution is -2.49. The molecule has 0 radical (unpaired) electrons. The van der Waals surface area contributed by atoms with Gasteiger partial charge in [-0.2, -0.15) is 18.3 Å². The van der Waals surface area contributed by atoms with Gasteiger partial charge in [0.2, 0.25) is 5.91 Å². The van der Waals surface area contributed by atoms with Crippen molar-refractivity contribution in [2.45, 2.75) is 77.3 Å². The maximum absolute atomic E-state index is 13.5. The lowest BCUT2D eigenvalue weighted by atomic mass is 9.79. The van der Waals surface area contributed by atoms with Gasteiger partial charge < -0.3 is 20.9 Å². The summed E-state index contributed by atoms with van der Waals surface area (Å²) in [4.78, 5) is 44.1. The molecule has 2 fully saturated rings. The number of carbonyl (C=O) groups is 3. The summed E-state index contributed by atoms with van der Waals surface area (Å²) in [5, 5.41) is 11.8. The fraction of sp³-hybridized carbons (Fsp3) is 0.577. The van der Waals surface area contributed by atoms with Crippen molar-refractivity contribution in [3.05, 3.63) is 41.9 Å². The van der Waals surface area contributed by atoms with E-state index in [0.29, 0.717) is 23.7 Å². The van der Waals surface area contributed by atoms with Crippen molar-refractivity contribution < 1.29 is 27.6 Å². The molecule has 0 aromatic carbocycles. The number of nitrogens with zero attached hydrogens (tertiary/aromatic N) is 4. The molecule has 0 spiro atoms. The third-order valence-electron chi connectivity index (χ3n) is 7.67. The third-order valence-corrected chi connectivity index (χ3v) is 7.67. The molecule has 2 aromatic heterocycles. The molecular weight excluding hydrogens is 515 g/mol. The van der Waals surface area contributed by atoms with Gasteiger partial charge in [-0.25, -0.2) is 9.78 Å². The summed E-state index contributed by atoms with van der Waals surface area (Å²) in [6, 6.07) is 0.451. The molecular formula is C26H34F3N7O3. The number of anilines is 1. The van der Waals surface area contributed by atoms with Gasteiger partial charge in [-0.05, 0) is 62.3 Å². The summed E-state index contributed by atoms with van der Waals surface area (Å²) in [5.74, 6) is -0.181. The quantitative estimate of drug-likeness (QED) is 0.462. The number of hydrogen-bond donors (Lipinski definition) is 3. The average Bonchev–Trinajstić information content (AvgIpc) is 3.54. The summed E-state index contributed by atoms with van der Waals surface area (Å²) < 4.78 is 40.9. The van der Waals surface area contributed by atoms with Gasteiger partial charge in [-0.1, -0.05) is 19.8 Å². The zero-order valence-electron chi connectivity index (χ0n) is 22.2. The third kappa shape index (κ3) is 6.51. The van der Waals surface area contributed by atoms with E-state index in [1.54, 1.807) is 23.7 Å². The number of alkyl halides is 3. The van der Waals surface area contributed by atoms with Crippen molar-refractivity contribution in [1.29, 1.82) is 0 Å². The second-order valence-corrected chi connectivity index (χ2v) is 10.3. The molecule has 3 N–H and O–H groups in total. The molecule has 4 amide bonds. The van der Waals surface area contributed by atoms with Gasteiger partial charge in [0, 0.05) is 18.9 Å². The SMILES string of the molecule is CCn1nccc1C(=O)N[C@H](C(=O)Nc1cc([C@@H](C)N2C[C@@H](C(F)(F)F)NC2=O)ccn1)C1CCC(C)CC1. The van der Waals surface area contributed by atoms with E-state index >= 15 is 0 Å². The van der Waals surface area contributed by atoms with Gasteiger partial charge in [-0.3, -0.25) is 14.3 Å². The average molecular weight is 550 g/mol. The van der Waals surface area contributed by atoms with Crippen molar-refractivity contribution in [1.82, 2.24) is 30.3 Å². The van der Waals surface area contributed by atoms with Crippen LogP contribution in [0.4, 0.5) is 23.8 Å². The number of nitrogens with one attached hydrogen (secondary N) is 3. The molecule has 1 aliphatic carbocycles. The largest absolute Gasteiger partial charge is 0.410 e. The van der Waals surface area contributed by atoms with Crippen molar-refractivity contribution in [3.63, 3.8) is 0 Å². The maximum Gasteiger partial charge on any atom is 0.410 e. The van der Waals surface area contributed by atoms with E-state index in [2.05, 4.69) is 27.6 Å². The number of rotatable bonds is 8. The van der Waals surface area contributed by atoms with E-state index in [1.165, 1.54) is 18.5 Å². The molecule has 3 atom stereocenters. The Bertz CT molecular complexity index is 1190. The molecule has 0 bridgehead atoms. The Morgan fingerprint density at radius 3 is 2.54 bits per heavy atom. The van der Waals surface area contributed by atoms with Crippen LogP contribution in [0.3, 0.4) is 0 Å². The van der Waals surface area contributed by atoms with Gasteiger partial charge in [-0.15, -0.1) is 0 Å². The van der Waals surface area contributed by atoms with E-state index < -0.39 is 48.7 Å². The van der Waals surface area contributed by atoms with Crippen LogP contribution in [-0.4, -0.2) is 62.3 Å². The first-order valence-corrected chi connectivity index (χ1v) is 13.2. The van der Waals surface area contributed by atoms with Gasteiger partial charge in [0.15, 0.2) is 0 Å². The Morgan fingerprint density at radius 2 is 1.90 bits per heavy atom. The fourth-order valence-corrected chi connectivity index (χ4v) is 5.24. The highest BCUT2D eigenvalue weighted by Crippen LogP contribution is 2.32. The minimum atomic E-state index is -4.55. The van der Waals surface area contributed by atoms with Gasteiger partial charge in [0.1, 0.15) is 23.6 Å². The van der Waals surface area contributed by atoms with E-state index in [1.807, 2.05) is 12.2 Å². The zero-order valence-corrected chi connectivity index (χ0v) is 22.2. The number of urea groups is 1. The summed E-state index contributed by atoms with van der Waals surface area (Å²) in [7, 11) is 0. The van der Waals surface area contributed by atoms with Crippen LogP contribution in [0.2, 0.25) is 0 Å². The zero-order chi connectivity index (χ0) is 28.3. The van der Waals surface area contributed by atoms with Crippen LogP contribution in [0.25, 0.3) is 0 Å². The van der Waals surface area contributed by atoms with Crippen molar-refractivity contribution in [2.75, 3.05) is 11.9 Å². The van der Waals surface area contributed by atoms with Gasteiger partial charge >= 0.3 is 12.2 Å². The Hall–Kier alpha value is -3.64. The van der Waals surface area contributed by atoms with Crippen LogP contribution >= 0.6 is 0 Å². The van der Waals surface area contributed by atoms with Crippen LogP contribution < -0.4 is 16.0 Å². The van der Waals surface area contributed by atoms with Crippen LogP contribution in [0.5, 0.6) is 0 Å². The molecule has 212 valence electrons. The first kappa shape index (κ1) is 28.4. The predicted molar refractivity (Wildman–Crippen MR) is 137 cm³/mol. The molecule has 0 unspecified atom stereocenters. The highest BCUT2D eigenvalue weighted by Gasteiger charge is 2.48. The predicted octanol–water partition coefficient (Wildman–Crippen LogP) is 3.88. The summed E-state index contributed by atoms with van der Waals surface area (Å²) in [5.41, 5.74) is 0.867. The number of halogens is 3. The molecule has 1 saturated heterocycles. The molecule has 1 aliphatic heterocycles. The molecule has 2 aromatic rings. The normalized spacial score (nSPS) is 23.2. The van der Waals surface area contributed by atoms with Crippen LogP contribution in [-0.2, 0) is 11.3 Å². The second-order valence-electron chi connectivity index (χ2n) is 10.3. The molecule has 13 heteroatoms. The number of aryl methyl sites for hydroxylation is 1. The van der Waals surface area contributed by atoms with E-state index in [-0.39, 0.29) is 11.7 Å². The summed E-state index contributed by atoms with van der Waals surface area (Å²) >= 11 is 0. The lowest BCUT2D eigenvalue weighted by molar-refractivity contribution is -0.150. The Labute approximate surface area is 224 Å². The second kappa shape index (κ2) is 11.6. The topological polar surface area (TPSA) is 121 Å². The number of carbonyl (C=O) groups excluding carboxylic acids is 3. The Morgan fingerprint density at radius 1 is 1.18 bits per heavy atom. The molecule has 39 heavy (non-hydrogen) atoms. The van der Waals surface area contributed by atoms with Gasteiger partial charge in [0.25, 0.3) is 5.91 Å². The molecule has 1 saturated carbocycles. The highest BCUT2D eigenvalue weighted by molar-refractivity contribution is 6.00. The molecule has 2 aliphatic rings. The molecule has 10 nitrogen and oxygen atoms in total. The summed E-state index contributed by atoms with van der Waals surface area (Å²) in [6.45, 7) is 5.63. The smallest absolute Gasteiger partial charge is 0.339 e. The van der Waals surface area contributed by atoms with E-state index in [9.17, 15) is 27.6 Å². The number of hydrogen-bond acceptors (Lipinski definition) is 5. The number of amides is 4. The number of aromatic nitrogens is 3. The van der Waals surface area contributed by atoms with Crippen molar-refractivity contribution >= 4 is 23.7 Å². The number of pyridine rings is 1. The Kier molecular flexibility index (Phi) is 8.45. The van der Waals surface area contributed by atoms with Crippen LogP contribution in [0, 0.1) is 11.8 Å². The first-order chi connectivity index (χ1) is 18.5. The van der Waals surface area contributed by atoms with Gasteiger partial charge in [0.05, 0.1) is 12.6 Å². The van der Waals surface area contributed by atoms with Crippen molar-refractivity contribution in [3.8, 4) is 0 Å². The minimum Gasteiger partial charge on any atom is -0.339 e. The maximum atomic E-state index is 13.5. The standard InChI is InChI=1S/C26H34F3N7O3/c1-4-36-19(10-12-31-36)23(37)34-22(17-7-5-15(2)6-8-17)24(38)33-21-13-18(9-11-30-21)16(3)35-14-20(26(27,28)29)32-25(35)39/h9-13,15-17,20,22H,4-8,14H2,1-3H3,(H,32,39)(H,34,37)(H,30,33,38)/t15?,16-,17?,20+,22+/m1/s1.